The first-order valence-electron chi connectivity index (χ1n) is 11.7. The average molecular weight is 495 g/mol. The Balaban J connectivity index is 1.06. The fourth-order valence-corrected chi connectivity index (χ4v) is 6.02. The van der Waals surface area contributed by atoms with Crippen molar-refractivity contribution in [3.63, 3.8) is 0 Å². The SMILES string of the molecule is O=C(CSCC(=O)N1CCc2[nH]c3ccc(F)cc3c2C1)N1CCc2[nH]c3ccc(F)cc3c2C1. The summed E-state index contributed by atoms with van der Waals surface area (Å²) in [5, 5.41) is 1.64. The summed E-state index contributed by atoms with van der Waals surface area (Å²) in [7, 11) is 0. The summed E-state index contributed by atoms with van der Waals surface area (Å²) in [4.78, 5) is 35.9. The summed E-state index contributed by atoms with van der Waals surface area (Å²) in [6.07, 6.45) is 1.39. The number of carbonyl (C=O) groups excluding carboxylic acids is 2. The van der Waals surface area contributed by atoms with Gasteiger partial charge in [-0.2, -0.15) is 0 Å². The van der Waals surface area contributed by atoms with Crippen LogP contribution < -0.4 is 0 Å². The maximum absolute atomic E-state index is 13.7. The maximum atomic E-state index is 13.7. The quantitative estimate of drug-likeness (QED) is 0.448. The number of nitrogens with zero attached hydrogens (tertiary/aromatic N) is 2. The van der Waals surface area contributed by atoms with Gasteiger partial charge in [-0.25, -0.2) is 8.78 Å². The van der Waals surface area contributed by atoms with E-state index in [1.807, 2.05) is 0 Å². The summed E-state index contributed by atoms with van der Waals surface area (Å²) in [6, 6.07) is 9.35. The molecule has 0 aliphatic carbocycles. The Labute approximate surface area is 204 Å². The van der Waals surface area contributed by atoms with Gasteiger partial charge < -0.3 is 19.8 Å². The highest BCUT2D eigenvalue weighted by Gasteiger charge is 2.26. The number of halogens is 2. The third-order valence-corrected chi connectivity index (χ3v) is 7.93. The second-order valence-corrected chi connectivity index (χ2v) is 10.2. The number of H-pyrrole nitrogens is 2. The second kappa shape index (κ2) is 8.71. The van der Waals surface area contributed by atoms with E-state index in [0.717, 1.165) is 44.3 Å². The molecule has 0 bridgehead atoms. The monoisotopic (exact) mass is 494 g/mol. The number of rotatable bonds is 4. The summed E-state index contributed by atoms with van der Waals surface area (Å²) in [5.74, 6) is -0.192. The Morgan fingerprint density at radius 1 is 0.771 bits per heavy atom. The zero-order chi connectivity index (χ0) is 24.1. The summed E-state index contributed by atoms with van der Waals surface area (Å²) < 4.78 is 27.5. The van der Waals surface area contributed by atoms with Gasteiger partial charge in [0.25, 0.3) is 0 Å². The molecule has 2 amide bonds. The lowest BCUT2D eigenvalue weighted by Crippen LogP contribution is -2.38. The number of carbonyl (C=O) groups is 2. The van der Waals surface area contributed by atoms with Gasteiger partial charge in [-0.3, -0.25) is 9.59 Å². The summed E-state index contributed by atoms with van der Waals surface area (Å²) in [5.41, 5.74) is 5.82. The van der Waals surface area contributed by atoms with E-state index in [2.05, 4.69) is 9.97 Å². The molecule has 6 rings (SSSR count). The number of thioether (sulfide) groups is 1. The molecule has 6 nitrogen and oxygen atoms in total. The molecule has 2 N–H and O–H groups in total. The number of benzene rings is 2. The lowest BCUT2D eigenvalue weighted by atomic mass is 10.0. The topological polar surface area (TPSA) is 72.2 Å². The van der Waals surface area contributed by atoms with Gasteiger partial charge >= 0.3 is 0 Å². The smallest absolute Gasteiger partial charge is 0.232 e. The standard InChI is InChI=1S/C26H24F2N4O2S/c27-15-1-3-21-17(9-15)19-11-31(7-5-23(19)29-21)25(33)13-35-14-26(34)32-8-6-24-20(12-32)18-10-16(28)2-4-22(18)30-24/h1-4,9-10,29-30H,5-8,11-14H2. The maximum Gasteiger partial charge on any atom is 0.232 e. The molecule has 0 saturated heterocycles. The van der Waals surface area contributed by atoms with Crippen molar-refractivity contribution in [2.75, 3.05) is 24.6 Å². The van der Waals surface area contributed by atoms with Gasteiger partial charge in [0.15, 0.2) is 0 Å². The third kappa shape index (κ3) is 4.07. The van der Waals surface area contributed by atoms with Crippen LogP contribution in [0.5, 0.6) is 0 Å². The predicted molar refractivity (Wildman–Crippen MR) is 132 cm³/mol. The molecule has 180 valence electrons. The van der Waals surface area contributed by atoms with Crippen LogP contribution in [-0.2, 0) is 35.5 Å². The van der Waals surface area contributed by atoms with Gasteiger partial charge in [0, 0.05) is 83.3 Å². The van der Waals surface area contributed by atoms with Crippen molar-refractivity contribution in [2.45, 2.75) is 25.9 Å². The van der Waals surface area contributed by atoms with Crippen molar-refractivity contribution in [2.24, 2.45) is 0 Å². The number of aromatic amines is 2. The molecule has 0 atom stereocenters. The first kappa shape index (κ1) is 22.2. The van der Waals surface area contributed by atoms with Crippen molar-refractivity contribution in [1.82, 2.24) is 19.8 Å². The van der Waals surface area contributed by atoms with Crippen LogP contribution >= 0.6 is 11.8 Å². The zero-order valence-corrected chi connectivity index (χ0v) is 19.8. The number of aromatic nitrogens is 2. The fraction of sp³-hybridized carbons (Fsp3) is 0.308. The van der Waals surface area contributed by atoms with Crippen molar-refractivity contribution in [3.8, 4) is 0 Å². The van der Waals surface area contributed by atoms with Crippen molar-refractivity contribution < 1.29 is 18.4 Å². The summed E-state index contributed by atoms with van der Waals surface area (Å²) >= 11 is 1.32. The molecular formula is C26H24F2N4O2S. The van der Waals surface area contributed by atoms with E-state index in [1.165, 1.54) is 36.0 Å². The average Bonchev–Trinajstić information content (AvgIpc) is 3.40. The third-order valence-electron chi connectivity index (χ3n) is 7.03. The van der Waals surface area contributed by atoms with Crippen LogP contribution in [0.1, 0.15) is 22.5 Å². The van der Waals surface area contributed by atoms with Crippen LogP contribution in [0.3, 0.4) is 0 Å². The van der Waals surface area contributed by atoms with Crippen molar-refractivity contribution in [1.29, 1.82) is 0 Å². The molecule has 4 aromatic rings. The molecule has 35 heavy (non-hydrogen) atoms. The molecule has 0 unspecified atom stereocenters. The van der Waals surface area contributed by atoms with Crippen LogP contribution in [0.2, 0.25) is 0 Å². The highest BCUT2D eigenvalue weighted by molar-refractivity contribution is 8.00. The molecule has 2 aromatic carbocycles. The Kier molecular flexibility index (Phi) is 5.51. The molecule has 0 saturated carbocycles. The van der Waals surface area contributed by atoms with Gasteiger partial charge in [0.1, 0.15) is 11.6 Å². The van der Waals surface area contributed by atoms with E-state index in [9.17, 15) is 18.4 Å². The molecule has 0 radical (unpaired) electrons. The number of fused-ring (bicyclic) bond motifs is 6. The number of hydrogen-bond acceptors (Lipinski definition) is 3. The van der Waals surface area contributed by atoms with Crippen molar-refractivity contribution in [3.05, 3.63) is 70.5 Å². The normalized spacial score (nSPS) is 15.5. The summed E-state index contributed by atoms with van der Waals surface area (Å²) in [6.45, 7) is 2.08. The van der Waals surface area contributed by atoms with E-state index >= 15 is 0 Å². The largest absolute Gasteiger partial charge is 0.358 e. The van der Waals surface area contributed by atoms with E-state index < -0.39 is 0 Å². The minimum absolute atomic E-state index is 0.0211. The first-order chi connectivity index (χ1) is 17.0. The lowest BCUT2D eigenvalue weighted by Gasteiger charge is -2.28. The molecule has 9 heteroatoms. The van der Waals surface area contributed by atoms with Crippen LogP contribution in [0.25, 0.3) is 21.8 Å². The Morgan fingerprint density at radius 3 is 1.69 bits per heavy atom. The van der Waals surface area contributed by atoms with Gasteiger partial charge in [-0.1, -0.05) is 0 Å². The minimum atomic E-state index is -0.292. The van der Waals surface area contributed by atoms with Gasteiger partial charge in [0.05, 0.1) is 11.5 Å². The minimum Gasteiger partial charge on any atom is -0.358 e. The van der Waals surface area contributed by atoms with E-state index in [0.29, 0.717) is 39.0 Å². The fourth-order valence-electron chi connectivity index (χ4n) is 5.21. The van der Waals surface area contributed by atoms with Gasteiger partial charge in [-0.15, -0.1) is 11.8 Å². The van der Waals surface area contributed by atoms with E-state index in [4.69, 9.17) is 0 Å². The van der Waals surface area contributed by atoms with Crippen LogP contribution in [0, 0.1) is 11.6 Å². The number of hydrogen-bond donors (Lipinski definition) is 2. The number of nitrogens with one attached hydrogen (secondary N) is 2. The molecule has 0 fully saturated rings. The zero-order valence-electron chi connectivity index (χ0n) is 19.0. The molecule has 2 aliphatic heterocycles. The Morgan fingerprint density at radius 2 is 1.23 bits per heavy atom. The molecule has 4 heterocycles. The van der Waals surface area contributed by atoms with Crippen LogP contribution in [-0.4, -0.2) is 56.2 Å². The van der Waals surface area contributed by atoms with Gasteiger partial charge in [-0.05, 0) is 36.4 Å². The van der Waals surface area contributed by atoms with Crippen LogP contribution in [0.4, 0.5) is 8.78 Å². The first-order valence-corrected chi connectivity index (χ1v) is 12.8. The van der Waals surface area contributed by atoms with Gasteiger partial charge in [0.2, 0.25) is 11.8 Å². The molecule has 0 spiro atoms. The predicted octanol–water partition coefficient (Wildman–Crippen LogP) is 4.13. The molecule has 2 aliphatic rings. The molecule has 2 aromatic heterocycles. The van der Waals surface area contributed by atoms with E-state index in [-0.39, 0.29) is 35.0 Å². The Hall–Kier alpha value is -3.33. The number of amides is 2. The van der Waals surface area contributed by atoms with Crippen molar-refractivity contribution >= 4 is 45.4 Å². The molecular weight excluding hydrogens is 470 g/mol. The highest BCUT2D eigenvalue weighted by atomic mass is 32.2. The van der Waals surface area contributed by atoms with Crippen LogP contribution in [0.15, 0.2) is 36.4 Å². The second-order valence-electron chi connectivity index (χ2n) is 9.17. The van der Waals surface area contributed by atoms with E-state index in [1.54, 1.807) is 21.9 Å². The highest BCUT2D eigenvalue weighted by Crippen LogP contribution is 2.30. The Bertz CT molecular complexity index is 1370. The lowest BCUT2D eigenvalue weighted by molar-refractivity contribution is -0.129.